The van der Waals surface area contributed by atoms with Crippen LogP contribution in [0.4, 0.5) is 5.69 Å². The van der Waals surface area contributed by atoms with E-state index in [1.165, 1.54) is 0 Å². The maximum atomic E-state index is 12.8. The SMILES string of the molecule is Cc1c(NC(=O)C2CC(c3ccccc3Cl)=NO2)cccc1C(=O)N1CCCC1. The van der Waals surface area contributed by atoms with Crippen LogP contribution >= 0.6 is 11.6 Å². The van der Waals surface area contributed by atoms with Crippen molar-refractivity contribution in [2.45, 2.75) is 32.3 Å². The fourth-order valence-corrected chi connectivity index (χ4v) is 3.92. The quantitative estimate of drug-likeness (QED) is 0.826. The summed E-state index contributed by atoms with van der Waals surface area (Å²) in [4.78, 5) is 32.7. The summed E-state index contributed by atoms with van der Waals surface area (Å²) in [7, 11) is 0. The summed E-state index contributed by atoms with van der Waals surface area (Å²) in [6.07, 6.45) is 1.67. The Morgan fingerprint density at radius 2 is 1.90 bits per heavy atom. The summed E-state index contributed by atoms with van der Waals surface area (Å²) in [5.74, 6) is -0.290. The minimum Gasteiger partial charge on any atom is -0.382 e. The predicted octanol–water partition coefficient (Wildman–Crippen LogP) is 4.02. The maximum Gasteiger partial charge on any atom is 0.268 e. The molecular formula is C22H22ClN3O3. The van der Waals surface area contributed by atoms with Crippen LogP contribution < -0.4 is 5.32 Å². The zero-order chi connectivity index (χ0) is 20.4. The molecule has 1 atom stereocenters. The van der Waals surface area contributed by atoms with Crippen molar-refractivity contribution in [3.63, 3.8) is 0 Å². The fraction of sp³-hybridized carbons (Fsp3) is 0.318. The lowest BCUT2D eigenvalue weighted by Crippen LogP contribution is -2.30. The predicted molar refractivity (Wildman–Crippen MR) is 112 cm³/mol. The van der Waals surface area contributed by atoms with Gasteiger partial charge in [0.1, 0.15) is 0 Å². The van der Waals surface area contributed by atoms with Crippen LogP contribution in [0.3, 0.4) is 0 Å². The second-order valence-corrected chi connectivity index (χ2v) is 7.69. The summed E-state index contributed by atoms with van der Waals surface area (Å²) >= 11 is 6.21. The number of hydrogen-bond acceptors (Lipinski definition) is 4. The van der Waals surface area contributed by atoms with Crippen LogP contribution in [-0.4, -0.2) is 41.6 Å². The average molecular weight is 412 g/mol. The number of oxime groups is 1. The molecule has 2 amide bonds. The molecule has 0 saturated carbocycles. The fourth-order valence-electron chi connectivity index (χ4n) is 3.68. The molecule has 2 aliphatic rings. The summed E-state index contributed by atoms with van der Waals surface area (Å²) in [6, 6.07) is 12.7. The van der Waals surface area contributed by atoms with Crippen LogP contribution in [0.5, 0.6) is 0 Å². The van der Waals surface area contributed by atoms with E-state index in [2.05, 4.69) is 10.5 Å². The van der Waals surface area contributed by atoms with Gasteiger partial charge in [0.15, 0.2) is 0 Å². The normalized spacial score (nSPS) is 18.3. The Bertz CT molecular complexity index is 983. The third-order valence-electron chi connectivity index (χ3n) is 5.36. The number of halogens is 1. The third-order valence-corrected chi connectivity index (χ3v) is 5.69. The third kappa shape index (κ3) is 3.98. The lowest BCUT2D eigenvalue weighted by molar-refractivity contribution is -0.125. The van der Waals surface area contributed by atoms with Crippen molar-refractivity contribution in [1.82, 2.24) is 4.90 Å². The molecule has 0 spiro atoms. The van der Waals surface area contributed by atoms with E-state index >= 15 is 0 Å². The van der Waals surface area contributed by atoms with Crippen LogP contribution in [0.25, 0.3) is 0 Å². The van der Waals surface area contributed by atoms with E-state index in [1.807, 2.05) is 30.0 Å². The molecule has 0 bridgehead atoms. The highest BCUT2D eigenvalue weighted by Crippen LogP contribution is 2.26. The van der Waals surface area contributed by atoms with Gasteiger partial charge in [-0.25, -0.2) is 0 Å². The first-order valence-corrected chi connectivity index (χ1v) is 10.1. The molecule has 4 rings (SSSR count). The number of rotatable bonds is 4. The number of nitrogens with zero attached hydrogens (tertiary/aromatic N) is 2. The number of likely N-dealkylation sites (tertiary alicyclic amines) is 1. The molecule has 2 heterocycles. The molecule has 29 heavy (non-hydrogen) atoms. The average Bonchev–Trinajstić information content (AvgIpc) is 3.42. The van der Waals surface area contributed by atoms with Crippen LogP contribution in [0.15, 0.2) is 47.6 Å². The van der Waals surface area contributed by atoms with Gasteiger partial charge in [0.05, 0.1) is 5.71 Å². The van der Waals surface area contributed by atoms with Crippen molar-refractivity contribution < 1.29 is 14.4 Å². The van der Waals surface area contributed by atoms with Crippen molar-refractivity contribution >= 4 is 34.8 Å². The summed E-state index contributed by atoms with van der Waals surface area (Å²) in [5, 5.41) is 7.49. The maximum absolute atomic E-state index is 12.8. The topological polar surface area (TPSA) is 71.0 Å². The Kier molecular flexibility index (Phi) is 5.53. The van der Waals surface area contributed by atoms with Gasteiger partial charge in [-0.15, -0.1) is 0 Å². The van der Waals surface area contributed by atoms with Crippen LogP contribution in [0.1, 0.15) is 40.7 Å². The van der Waals surface area contributed by atoms with Crippen molar-refractivity contribution in [2.24, 2.45) is 5.16 Å². The van der Waals surface area contributed by atoms with E-state index in [1.54, 1.807) is 24.3 Å². The molecule has 1 N–H and O–H groups in total. The first kappa shape index (κ1) is 19.5. The van der Waals surface area contributed by atoms with E-state index in [-0.39, 0.29) is 11.8 Å². The lowest BCUT2D eigenvalue weighted by Gasteiger charge is -2.19. The van der Waals surface area contributed by atoms with Crippen LogP contribution in [-0.2, 0) is 9.63 Å². The van der Waals surface area contributed by atoms with Gasteiger partial charge < -0.3 is 15.1 Å². The Balaban J connectivity index is 1.45. The van der Waals surface area contributed by atoms with Gasteiger partial charge in [0.25, 0.3) is 11.8 Å². The van der Waals surface area contributed by atoms with Crippen molar-refractivity contribution in [2.75, 3.05) is 18.4 Å². The standard InChI is InChI=1S/C22H22ClN3O3/c1-14-15(22(28)26-11-4-5-12-26)8-6-10-18(14)24-21(27)20-13-19(25-29-20)16-7-2-3-9-17(16)23/h2-3,6-10,20H,4-5,11-13H2,1H3,(H,24,27). The first-order chi connectivity index (χ1) is 14.0. The highest BCUT2D eigenvalue weighted by atomic mass is 35.5. The number of nitrogens with one attached hydrogen (secondary N) is 1. The minimum atomic E-state index is -0.737. The van der Waals surface area contributed by atoms with Gasteiger partial charge in [0, 0.05) is 41.3 Å². The zero-order valence-electron chi connectivity index (χ0n) is 16.2. The summed E-state index contributed by atoms with van der Waals surface area (Å²) in [5.41, 5.74) is 3.38. The van der Waals surface area contributed by atoms with Gasteiger partial charge in [0.2, 0.25) is 6.10 Å². The highest BCUT2D eigenvalue weighted by Gasteiger charge is 2.30. The van der Waals surface area contributed by atoms with Gasteiger partial charge >= 0.3 is 0 Å². The molecule has 1 fully saturated rings. The molecule has 1 unspecified atom stereocenters. The lowest BCUT2D eigenvalue weighted by atomic mass is 10.0. The van der Waals surface area contributed by atoms with Crippen molar-refractivity contribution in [3.05, 3.63) is 64.2 Å². The molecule has 0 aliphatic carbocycles. The molecule has 0 radical (unpaired) electrons. The van der Waals surface area contributed by atoms with Crippen LogP contribution in [0.2, 0.25) is 5.02 Å². The number of benzene rings is 2. The number of carbonyl (C=O) groups is 2. The second-order valence-electron chi connectivity index (χ2n) is 7.28. The molecule has 2 aromatic carbocycles. The molecule has 2 aromatic rings. The Morgan fingerprint density at radius 3 is 2.66 bits per heavy atom. The van der Waals surface area contributed by atoms with Crippen molar-refractivity contribution in [3.8, 4) is 0 Å². The number of amides is 2. The van der Waals surface area contributed by atoms with Gasteiger partial charge in [-0.05, 0) is 43.5 Å². The Labute approximate surface area is 174 Å². The second kappa shape index (κ2) is 8.25. The van der Waals surface area contributed by atoms with Gasteiger partial charge in [-0.3, -0.25) is 9.59 Å². The molecule has 0 aromatic heterocycles. The van der Waals surface area contributed by atoms with Crippen LogP contribution in [0, 0.1) is 6.92 Å². The van der Waals surface area contributed by atoms with Crippen molar-refractivity contribution in [1.29, 1.82) is 0 Å². The number of carbonyl (C=O) groups excluding carboxylic acids is 2. The number of anilines is 1. The van der Waals surface area contributed by atoms with E-state index in [9.17, 15) is 9.59 Å². The molecule has 7 heteroatoms. The smallest absolute Gasteiger partial charge is 0.268 e. The van der Waals surface area contributed by atoms with Gasteiger partial charge in [-0.2, -0.15) is 0 Å². The monoisotopic (exact) mass is 411 g/mol. The summed E-state index contributed by atoms with van der Waals surface area (Å²) in [6.45, 7) is 3.42. The molecule has 1 saturated heterocycles. The minimum absolute atomic E-state index is 0.0116. The first-order valence-electron chi connectivity index (χ1n) is 9.72. The largest absolute Gasteiger partial charge is 0.382 e. The van der Waals surface area contributed by atoms with E-state index in [0.717, 1.165) is 37.1 Å². The zero-order valence-corrected chi connectivity index (χ0v) is 16.9. The summed E-state index contributed by atoms with van der Waals surface area (Å²) < 4.78 is 0. The van der Waals surface area contributed by atoms with E-state index in [0.29, 0.717) is 28.4 Å². The Morgan fingerprint density at radius 1 is 1.14 bits per heavy atom. The highest BCUT2D eigenvalue weighted by molar-refractivity contribution is 6.34. The molecule has 2 aliphatic heterocycles. The Hall–Kier alpha value is -2.86. The molecule has 150 valence electrons. The van der Waals surface area contributed by atoms with E-state index < -0.39 is 6.10 Å². The molecular weight excluding hydrogens is 390 g/mol. The van der Waals surface area contributed by atoms with Gasteiger partial charge in [-0.1, -0.05) is 41.0 Å². The van der Waals surface area contributed by atoms with E-state index in [4.69, 9.17) is 16.4 Å². The molecule has 6 nitrogen and oxygen atoms in total. The number of hydrogen-bond donors (Lipinski definition) is 1.